The van der Waals surface area contributed by atoms with Crippen LogP contribution < -0.4 is 4.72 Å². The Hall–Kier alpha value is -2.92. The molecule has 0 fully saturated rings. The smallest absolute Gasteiger partial charge is 0.316 e. The van der Waals surface area contributed by atoms with E-state index >= 15 is 0 Å². The van der Waals surface area contributed by atoms with E-state index in [2.05, 4.69) is 0 Å². The van der Waals surface area contributed by atoms with E-state index < -0.39 is 27.8 Å². The van der Waals surface area contributed by atoms with Crippen LogP contribution in [0.25, 0.3) is 10.8 Å². The summed E-state index contributed by atoms with van der Waals surface area (Å²) in [6, 6.07) is 13.2. The maximum atomic E-state index is 12.3. The van der Waals surface area contributed by atoms with E-state index in [0.29, 0.717) is 5.39 Å². The molecule has 124 valence electrons. The zero-order valence-electron chi connectivity index (χ0n) is 12.5. The number of rotatable bonds is 6. The van der Waals surface area contributed by atoms with Gasteiger partial charge in [0.05, 0.1) is 11.0 Å². The molecule has 2 N–H and O–H groups in total. The molecule has 0 saturated heterocycles. The van der Waals surface area contributed by atoms with Crippen molar-refractivity contribution in [2.24, 2.45) is 5.92 Å². The SMILES string of the molecule is N#CCCC(C(=O)O)C(=O)NS(=O)(=O)c1ccc2ccccc2c1. The molecule has 2 aromatic carbocycles. The summed E-state index contributed by atoms with van der Waals surface area (Å²) in [6.45, 7) is 0. The van der Waals surface area contributed by atoms with Gasteiger partial charge in [0, 0.05) is 6.42 Å². The van der Waals surface area contributed by atoms with Gasteiger partial charge in [-0.2, -0.15) is 5.26 Å². The van der Waals surface area contributed by atoms with Crippen molar-refractivity contribution >= 4 is 32.7 Å². The molecule has 0 aliphatic heterocycles. The fraction of sp³-hybridized carbons (Fsp3) is 0.188. The van der Waals surface area contributed by atoms with Crippen molar-refractivity contribution in [1.82, 2.24) is 4.72 Å². The monoisotopic (exact) mass is 346 g/mol. The van der Waals surface area contributed by atoms with Gasteiger partial charge >= 0.3 is 5.97 Å². The van der Waals surface area contributed by atoms with E-state index in [1.54, 1.807) is 29.0 Å². The Morgan fingerprint density at radius 3 is 2.46 bits per heavy atom. The number of nitriles is 1. The van der Waals surface area contributed by atoms with Crippen molar-refractivity contribution in [3.8, 4) is 6.07 Å². The summed E-state index contributed by atoms with van der Waals surface area (Å²) < 4.78 is 26.4. The number of amides is 1. The van der Waals surface area contributed by atoms with Crippen LogP contribution in [0, 0.1) is 17.2 Å². The molecule has 7 nitrogen and oxygen atoms in total. The molecule has 0 heterocycles. The average Bonchev–Trinajstić information content (AvgIpc) is 2.54. The van der Waals surface area contributed by atoms with Gasteiger partial charge in [-0.25, -0.2) is 13.1 Å². The number of aliphatic carboxylic acids is 1. The number of nitrogens with zero attached hydrogens (tertiary/aromatic N) is 1. The molecule has 0 bridgehead atoms. The first-order valence-electron chi connectivity index (χ1n) is 7.00. The lowest BCUT2D eigenvalue weighted by molar-refractivity contribution is -0.146. The largest absolute Gasteiger partial charge is 0.481 e. The van der Waals surface area contributed by atoms with Crippen LogP contribution in [0.2, 0.25) is 0 Å². The molecule has 24 heavy (non-hydrogen) atoms. The third-order valence-corrected chi connectivity index (χ3v) is 4.77. The second-order valence-electron chi connectivity index (χ2n) is 5.07. The van der Waals surface area contributed by atoms with E-state index in [0.717, 1.165) is 5.39 Å². The third-order valence-electron chi connectivity index (χ3n) is 3.43. The quantitative estimate of drug-likeness (QED) is 0.766. The van der Waals surface area contributed by atoms with Crippen LogP contribution in [-0.2, 0) is 19.6 Å². The van der Waals surface area contributed by atoms with Crippen molar-refractivity contribution in [2.45, 2.75) is 17.7 Å². The number of hydrogen-bond acceptors (Lipinski definition) is 5. The second kappa shape index (κ2) is 7.10. The minimum Gasteiger partial charge on any atom is -0.481 e. The van der Waals surface area contributed by atoms with Crippen LogP contribution in [-0.4, -0.2) is 25.4 Å². The number of sulfonamides is 1. The molecular weight excluding hydrogens is 332 g/mol. The minimum atomic E-state index is -4.20. The zero-order valence-corrected chi connectivity index (χ0v) is 13.3. The summed E-state index contributed by atoms with van der Waals surface area (Å²) >= 11 is 0. The number of carbonyl (C=O) groups excluding carboxylic acids is 1. The average molecular weight is 346 g/mol. The molecule has 0 saturated carbocycles. The number of benzene rings is 2. The Bertz CT molecular complexity index is 931. The number of hydrogen-bond donors (Lipinski definition) is 2. The Labute approximate surface area is 138 Å². The van der Waals surface area contributed by atoms with Gasteiger partial charge < -0.3 is 5.11 Å². The van der Waals surface area contributed by atoms with Crippen LogP contribution in [0.3, 0.4) is 0 Å². The molecule has 0 aliphatic rings. The molecule has 0 aromatic heterocycles. The van der Waals surface area contributed by atoms with E-state index in [1.807, 2.05) is 12.1 Å². The van der Waals surface area contributed by atoms with Crippen molar-refractivity contribution in [3.05, 3.63) is 42.5 Å². The summed E-state index contributed by atoms with van der Waals surface area (Å²) in [5, 5.41) is 19.0. The van der Waals surface area contributed by atoms with Crippen LogP contribution in [0.1, 0.15) is 12.8 Å². The second-order valence-corrected chi connectivity index (χ2v) is 6.75. The highest BCUT2D eigenvalue weighted by Crippen LogP contribution is 2.19. The van der Waals surface area contributed by atoms with E-state index in [4.69, 9.17) is 10.4 Å². The predicted molar refractivity (Wildman–Crippen MR) is 85.2 cm³/mol. The lowest BCUT2D eigenvalue weighted by Crippen LogP contribution is -2.39. The number of carboxylic acid groups (broad SMARTS) is 1. The Balaban J connectivity index is 2.27. The molecule has 1 atom stereocenters. The van der Waals surface area contributed by atoms with Gasteiger partial charge in [0.25, 0.3) is 10.0 Å². The molecule has 0 spiro atoms. The van der Waals surface area contributed by atoms with Gasteiger partial charge in [-0.1, -0.05) is 30.3 Å². The maximum absolute atomic E-state index is 12.3. The van der Waals surface area contributed by atoms with Gasteiger partial charge in [-0.3, -0.25) is 9.59 Å². The normalized spacial score (nSPS) is 12.3. The molecule has 1 amide bonds. The minimum absolute atomic E-state index is 0.140. The van der Waals surface area contributed by atoms with Crippen LogP contribution in [0.5, 0.6) is 0 Å². The van der Waals surface area contributed by atoms with Gasteiger partial charge in [0.15, 0.2) is 0 Å². The Morgan fingerprint density at radius 2 is 1.83 bits per heavy atom. The summed E-state index contributed by atoms with van der Waals surface area (Å²) in [6.07, 6.45) is -0.425. The number of fused-ring (bicyclic) bond motifs is 1. The highest BCUT2D eigenvalue weighted by atomic mass is 32.2. The molecule has 1 unspecified atom stereocenters. The lowest BCUT2D eigenvalue weighted by Gasteiger charge is -2.12. The van der Waals surface area contributed by atoms with E-state index in [1.165, 1.54) is 12.1 Å². The van der Waals surface area contributed by atoms with Crippen LogP contribution >= 0.6 is 0 Å². The fourth-order valence-electron chi connectivity index (χ4n) is 2.17. The molecule has 2 rings (SSSR count). The zero-order chi connectivity index (χ0) is 17.7. The van der Waals surface area contributed by atoms with Gasteiger partial charge in [-0.05, 0) is 29.3 Å². The van der Waals surface area contributed by atoms with Gasteiger partial charge in [-0.15, -0.1) is 0 Å². The summed E-state index contributed by atoms with van der Waals surface area (Å²) in [7, 11) is -4.20. The maximum Gasteiger partial charge on any atom is 0.316 e. The van der Waals surface area contributed by atoms with Crippen LogP contribution in [0.4, 0.5) is 0 Å². The molecule has 2 aromatic rings. The number of carboxylic acids is 1. The molecular formula is C16H14N2O5S. The van der Waals surface area contributed by atoms with Gasteiger partial charge in [0.2, 0.25) is 5.91 Å². The highest BCUT2D eigenvalue weighted by Gasteiger charge is 2.29. The summed E-state index contributed by atoms with van der Waals surface area (Å²) in [5.74, 6) is -4.23. The first-order chi connectivity index (χ1) is 11.3. The van der Waals surface area contributed by atoms with Crippen LogP contribution in [0.15, 0.2) is 47.4 Å². The molecule has 0 aliphatic carbocycles. The van der Waals surface area contributed by atoms with Gasteiger partial charge in [0.1, 0.15) is 5.92 Å². The number of nitrogens with one attached hydrogen (secondary N) is 1. The standard InChI is InChI=1S/C16H14N2O5S/c17-9-3-6-14(16(20)21)15(19)18-24(22,23)13-8-7-11-4-1-2-5-12(11)10-13/h1-2,4-5,7-8,10,14H,3,6H2,(H,18,19)(H,20,21). The Morgan fingerprint density at radius 1 is 1.17 bits per heavy atom. The summed E-state index contributed by atoms with van der Waals surface area (Å²) in [5.41, 5.74) is 0. The topological polar surface area (TPSA) is 124 Å². The summed E-state index contributed by atoms with van der Waals surface area (Å²) in [4.78, 5) is 22.9. The highest BCUT2D eigenvalue weighted by molar-refractivity contribution is 7.90. The fourth-order valence-corrected chi connectivity index (χ4v) is 3.23. The first kappa shape index (κ1) is 17.4. The molecule has 8 heteroatoms. The van der Waals surface area contributed by atoms with Crippen molar-refractivity contribution in [3.63, 3.8) is 0 Å². The van der Waals surface area contributed by atoms with E-state index in [-0.39, 0.29) is 17.7 Å². The predicted octanol–water partition coefficient (Wildman–Crippen LogP) is 1.65. The molecule has 0 radical (unpaired) electrons. The first-order valence-corrected chi connectivity index (χ1v) is 8.48. The van der Waals surface area contributed by atoms with Crippen molar-refractivity contribution in [1.29, 1.82) is 5.26 Å². The Kier molecular flexibility index (Phi) is 5.16. The van der Waals surface area contributed by atoms with Crippen molar-refractivity contribution in [2.75, 3.05) is 0 Å². The lowest BCUT2D eigenvalue weighted by atomic mass is 10.0. The van der Waals surface area contributed by atoms with E-state index in [9.17, 15) is 18.0 Å². The number of carbonyl (C=O) groups is 2. The third kappa shape index (κ3) is 3.88. The van der Waals surface area contributed by atoms with Crippen molar-refractivity contribution < 1.29 is 23.1 Å².